The second-order valence-corrected chi connectivity index (χ2v) is 4.96. The van der Waals surface area contributed by atoms with Crippen molar-refractivity contribution in [3.8, 4) is 0 Å². The lowest BCUT2D eigenvalue weighted by molar-refractivity contribution is -0.118. The molecule has 94 valence electrons. The van der Waals surface area contributed by atoms with E-state index in [4.69, 9.17) is 5.73 Å². The lowest BCUT2D eigenvalue weighted by Crippen LogP contribution is -2.28. The maximum atomic E-state index is 11.4. The first-order valence-corrected chi connectivity index (χ1v) is 6.73. The topological polar surface area (TPSA) is 68.0 Å². The minimum absolute atomic E-state index is 0.0152. The summed E-state index contributed by atoms with van der Waals surface area (Å²) in [6, 6.07) is 3.86. The normalized spacial score (nSPS) is 14.1. The van der Waals surface area contributed by atoms with Crippen molar-refractivity contribution >= 4 is 17.7 Å². The zero-order valence-corrected chi connectivity index (χ0v) is 11.0. The molecule has 1 rings (SSSR count). The summed E-state index contributed by atoms with van der Waals surface area (Å²) in [5.41, 5.74) is 7.02. The van der Waals surface area contributed by atoms with E-state index in [2.05, 4.69) is 10.3 Å². The zero-order valence-electron chi connectivity index (χ0n) is 10.2. The van der Waals surface area contributed by atoms with Gasteiger partial charge in [0.2, 0.25) is 5.91 Å². The number of pyridine rings is 1. The largest absolute Gasteiger partial charge is 0.356 e. The van der Waals surface area contributed by atoms with Crippen LogP contribution in [0.4, 0.5) is 0 Å². The summed E-state index contributed by atoms with van der Waals surface area (Å²) >= 11 is 1.55. The van der Waals surface area contributed by atoms with Gasteiger partial charge in [0.1, 0.15) is 0 Å². The highest BCUT2D eigenvalue weighted by molar-refractivity contribution is 8.00. The molecule has 4 nitrogen and oxygen atoms in total. The molecule has 0 saturated carbocycles. The second kappa shape index (κ2) is 7.29. The van der Waals surface area contributed by atoms with Crippen molar-refractivity contribution in [1.29, 1.82) is 0 Å². The van der Waals surface area contributed by atoms with E-state index in [1.165, 1.54) is 0 Å². The van der Waals surface area contributed by atoms with Crippen LogP contribution in [0.2, 0.25) is 0 Å². The lowest BCUT2D eigenvalue weighted by atomic mass is 10.1. The van der Waals surface area contributed by atoms with Crippen molar-refractivity contribution in [1.82, 2.24) is 10.3 Å². The summed E-state index contributed by atoms with van der Waals surface area (Å²) in [6.07, 6.45) is 3.54. The predicted molar refractivity (Wildman–Crippen MR) is 71.8 cm³/mol. The Hall–Kier alpha value is -1.07. The van der Waals surface area contributed by atoms with Crippen molar-refractivity contribution in [3.63, 3.8) is 0 Å². The Kier molecular flexibility index (Phi) is 6.00. The van der Waals surface area contributed by atoms with Gasteiger partial charge in [-0.1, -0.05) is 6.07 Å². The summed E-state index contributed by atoms with van der Waals surface area (Å²) in [7, 11) is 0. The number of nitrogens with zero attached hydrogens (tertiary/aromatic N) is 1. The quantitative estimate of drug-likeness (QED) is 0.803. The number of nitrogens with one attached hydrogen (secondary N) is 1. The van der Waals surface area contributed by atoms with Crippen LogP contribution in [0.15, 0.2) is 24.5 Å². The van der Waals surface area contributed by atoms with Crippen molar-refractivity contribution in [3.05, 3.63) is 30.1 Å². The molecule has 0 saturated heterocycles. The molecule has 0 radical (unpaired) electrons. The highest BCUT2D eigenvalue weighted by Crippen LogP contribution is 2.30. The highest BCUT2D eigenvalue weighted by Gasteiger charge is 2.18. The summed E-state index contributed by atoms with van der Waals surface area (Å²) in [5.74, 6) is 0.474. The molecular formula is C12H19N3OS. The Morgan fingerprint density at radius 1 is 1.65 bits per heavy atom. The van der Waals surface area contributed by atoms with Crippen LogP contribution < -0.4 is 11.1 Å². The molecule has 2 atom stereocenters. The molecule has 5 heteroatoms. The number of aromatic nitrogens is 1. The van der Waals surface area contributed by atoms with Crippen LogP contribution in [0.25, 0.3) is 0 Å². The Balaban J connectivity index is 2.59. The molecule has 0 fully saturated rings. The highest BCUT2D eigenvalue weighted by atomic mass is 32.2. The van der Waals surface area contributed by atoms with E-state index in [-0.39, 0.29) is 17.2 Å². The van der Waals surface area contributed by atoms with Gasteiger partial charge in [-0.05, 0) is 25.5 Å². The number of carbonyl (C=O) groups is 1. The van der Waals surface area contributed by atoms with Crippen LogP contribution in [0.1, 0.15) is 24.7 Å². The first-order chi connectivity index (χ1) is 8.15. The van der Waals surface area contributed by atoms with E-state index in [1.54, 1.807) is 24.2 Å². The van der Waals surface area contributed by atoms with E-state index in [9.17, 15) is 4.79 Å². The molecule has 1 aromatic rings. The molecule has 3 N–H and O–H groups in total. The predicted octanol–water partition coefficient (Wildman–Crippen LogP) is 1.34. The van der Waals surface area contributed by atoms with Gasteiger partial charge in [0.05, 0.1) is 5.75 Å². The van der Waals surface area contributed by atoms with E-state index < -0.39 is 0 Å². The summed E-state index contributed by atoms with van der Waals surface area (Å²) in [6.45, 7) is 4.52. The molecule has 1 amide bonds. The molecule has 0 aromatic carbocycles. The number of carbonyl (C=O) groups excluding carboxylic acids is 1. The number of thioether (sulfide) groups is 1. The fraction of sp³-hybridized carbons (Fsp3) is 0.500. The van der Waals surface area contributed by atoms with Gasteiger partial charge < -0.3 is 11.1 Å². The Morgan fingerprint density at radius 2 is 2.41 bits per heavy atom. The van der Waals surface area contributed by atoms with Crippen LogP contribution in [-0.4, -0.2) is 29.2 Å². The minimum Gasteiger partial charge on any atom is -0.356 e. The molecule has 0 bridgehead atoms. The van der Waals surface area contributed by atoms with E-state index in [1.807, 2.05) is 26.0 Å². The monoisotopic (exact) mass is 253 g/mol. The van der Waals surface area contributed by atoms with Gasteiger partial charge in [-0.15, -0.1) is 11.8 Å². The SMILES string of the molecule is CCNC(=O)CSC(c1cccnc1)C(C)N. The van der Waals surface area contributed by atoms with Gasteiger partial charge in [-0.25, -0.2) is 0 Å². The first-order valence-electron chi connectivity index (χ1n) is 5.69. The molecule has 0 aliphatic rings. The van der Waals surface area contributed by atoms with Gasteiger partial charge in [0.25, 0.3) is 0 Å². The summed E-state index contributed by atoms with van der Waals surface area (Å²) < 4.78 is 0. The Morgan fingerprint density at radius 3 is 2.94 bits per heavy atom. The molecule has 1 heterocycles. The average Bonchev–Trinajstić information content (AvgIpc) is 2.30. The van der Waals surface area contributed by atoms with Gasteiger partial charge in [0.15, 0.2) is 0 Å². The molecule has 0 aliphatic heterocycles. The van der Waals surface area contributed by atoms with Crippen molar-refractivity contribution in [2.75, 3.05) is 12.3 Å². The van der Waals surface area contributed by atoms with Crippen molar-refractivity contribution in [2.45, 2.75) is 25.1 Å². The van der Waals surface area contributed by atoms with Crippen molar-refractivity contribution in [2.24, 2.45) is 5.73 Å². The summed E-state index contributed by atoms with van der Waals surface area (Å²) in [4.78, 5) is 15.5. The van der Waals surface area contributed by atoms with E-state index in [0.717, 1.165) is 5.56 Å². The number of rotatable bonds is 6. The third-order valence-corrected chi connectivity index (χ3v) is 3.75. The number of amides is 1. The lowest BCUT2D eigenvalue weighted by Gasteiger charge is -2.20. The first kappa shape index (κ1) is 14.0. The standard InChI is InChI=1S/C12H19N3OS/c1-3-15-11(16)8-17-12(9(2)13)10-5-4-6-14-7-10/h4-7,9,12H,3,8,13H2,1-2H3,(H,15,16). The summed E-state index contributed by atoms with van der Waals surface area (Å²) in [5, 5.41) is 2.88. The number of hydrogen-bond donors (Lipinski definition) is 2. The zero-order chi connectivity index (χ0) is 12.7. The maximum Gasteiger partial charge on any atom is 0.230 e. The minimum atomic E-state index is -0.0152. The molecule has 1 aromatic heterocycles. The third-order valence-electron chi connectivity index (χ3n) is 2.26. The molecular weight excluding hydrogens is 234 g/mol. The van der Waals surface area contributed by atoms with Crippen molar-refractivity contribution < 1.29 is 4.79 Å². The van der Waals surface area contributed by atoms with Crippen LogP contribution in [0.5, 0.6) is 0 Å². The number of nitrogens with two attached hydrogens (primary N) is 1. The fourth-order valence-electron chi connectivity index (χ4n) is 1.51. The van der Waals surface area contributed by atoms with Gasteiger partial charge in [0, 0.05) is 30.2 Å². The average molecular weight is 253 g/mol. The molecule has 2 unspecified atom stereocenters. The molecule has 0 spiro atoms. The van der Waals surface area contributed by atoms with Gasteiger partial charge >= 0.3 is 0 Å². The van der Waals surface area contributed by atoms with Crippen LogP contribution in [0, 0.1) is 0 Å². The Bertz CT molecular complexity index is 343. The van der Waals surface area contributed by atoms with E-state index >= 15 is 0 Å². The van der Waals surface area contributed by atoms with Crippen LogP contribution in [-0.2, 0) is 4.79 Å². The van der Waals surface area contributed by atoms with Gasteiger partial charge in [-0.2, -0.15) is 0 Å². The molecule has 17 heavy (non-hydrogen) atoms. The fourth-order valence-corrected chi connectivity index (χ4v) is 2.58. The number of hydrogen-bond acceptors (Lipinski definition) is 4. The van der Waals surface area contributed by atoms with Crippen LogP contribution >= 0.6 is 11.8 Å². The second-order valence-electron chi connectivity index (χ2n) is 3.83. The smallest absolute Gasteiger partial charge is 0.230 e. The van der Waals surface area contributed by atoms with Crippen LogP contribution in [0.3, 0.4) is 0 Å². The Labute approximate surface area is 106 Å². The molecule has 0 aliphatic carbocycles. The van der Waals surface area contributed by atoms with Gasteiger partial charge in [-0.3, -0.25) is 9.78 Å². The maximum absolute atomic E-state index is 11.4. The third kappa shape index (κ3) is 4.75. The van der Waals surface area contributed by atoms with E-state index in [0.29, 0.717) is 12.3 Å².